The molecule has 0 saturated carbocycles. The molecular formula is C6H15N3. The maximum Gasteiger partial charge on any atom is 0.0363 e. The highest BCUT2D eigenvalue weighted by Gasteiger charge is 2.15. The third-order valence-electron chi connectivity index (χ3n) is 1.87. The average molecular weight is 129 g/mol. The summed E-state index contributed by atoms with van der Waals surface area (Å²) in [5.41, 5.74) is 0. The van der Waals surface area contributed by atoms with Crippen LogP contribution >= 0.6 is 0 Å². The van der Waals surface area contributed by atoms with Crippen LogP contribution in [-0.4, -0.2) is 30.7 Å². The molecule has 1 atom stereocenters. The molecule has 1 aliphatic rings. The fourth-order valence-corrected chi connectivity index (χ4v) is 1.16. The monoisotopic (exact) mass is 129 g/mol. The van der Waals surface area contributed by atoms with Crippen molar-refractivity contribution in [2.45, 2.75) is 19.4 Å². The largest absolute Gasteiger partial charge is 0.314 e. The molecule has 9 heavy (non-hydrogen) atoms. The number of rotatable bonds is 1. The lowest BCUT2D eigenvalue weighted by Gasteiger charge is -2.31. The summed E-state index contributed by atoms with van der Waals surface area (Å²) in [6.45, 7) is 5.23. The Balaban J connectivity index is 2.30. The van der Waals surface area contributed by atoms with E-state index in [-0.39, 0.29) is 0 Å². The molecule has 0 aromatic rings. The predicted octanol–water partition coefficient (Wildman–Crippen LogP) is -0.456. The highest BCUT2D eigenvalue weighted by molar-refractivity contribution is 4.73. The molecule has 1 fully saturated rings. The fourth-order valence-electron chi connectivity index (χ4n) is 1.16. The molecule has 0 bridgehead atoms. The van der Waals surface area contributed by atoms with Crippen molar-refractivity contribution in [3.05, 3.63) is 0 Å². The molecular weight excluding hydrogens is 114 g/mol. The molecule has 0 aromatic heterocycles. The van der Waals surface area contributed by atoms with E-state index in [1.165, 1.54) is 0 Å². The van der Waals surface area contributed by atoms with Crippen LogP contribution in [0.4, 0.5) is 0 Å². The van der Waals surface area contributed by atoms with Gasteiger partial charge in [-0.1, -0.05) is 6.92 Å². The first kappa shape index (κ1) is 6.99. The van der Waals surface area contributed by atoms with Gasteiger partial charge in [-0.15, -0.1) is 0 Å². The van der Waals surface area contributed by atoms with Crippen LogP contribution in [0.5, 0.6) is 0 Å². The van der Waals surface area contributed by atoms with Crippen LogP contribution in [0.15, 0.2) is 0 Å². The molecule has 3 nitrogen and oxygen atoms in total. The van der Waals surface area contributed by atoms with E-state index in [0.29, 0.717) is 6.04 Å². The molecule has 1 saturated heterocycles. The molecule has 0 radical (unpaired) electrons. The van der Waals surface area contributed by atoms with Crippen LogP contribution in [-0.2, 0) is 0 Å². The van der Waals surface area contributed by atoms with E-state index in [4.69, 9.17) is 5.84 Å². The number of hydrazine groups is 1. The summed E-state index contributed by atoms with van der Waals surface area (Å²) < 4.78 is 0. The second-order valence-electron chi connectivity index (χ2n) is 2.50. The third-order valence-corrected chi connectivity index (χ3v) is 1.87. The van der Waals surface area contributed by atoms with Crippen LogP contribution in [0.3, 0.4) is 0 Å². The Morgan fingerprint density at radius 1 is 1.78 bits per heavy atom. The fraction of sp³-hybridized carbons (Fsp3) is 1.00. The van der Waals surface area contributed by atoms with Crippen molar-refractivity contribution >= 4 is 0 Å². The molecule has 1 aliphatic heterocycles. The number of hydrogen-bond acceptors (Lipinski definition) is 3. The van der Waals surface area contributed by atoms with Gasteiger partial charge in [0.2, 0.25) is 0 Å². The van der Waals surface area contributed by atoms with Gasteiger partial charge in [0.15, 0.2) is 0 Å². The summed E-state index contributed by atoms with van der Waals surface area (Å²) in [5.74, 6) is 5.68. The lowest BCUT2D eigenvalue weighted by molar-refractivity contribution is 0.160. The summed E-state index contributed by atoms with van der Waals surface area (Å²) in [7, 11) is 0. The highest BCUT2D eigenvalue weighted by atomic mass is 15.4. The van der Waals surface area contributed by atoms with Gasteiger partial charge in [0.1, 0.15) is 0 Å². The maximum absolute atomic E-state index is 5.68. The van der Waals surface area contributed by atoms with Gasteiger partial charge in [0.25, 0.3) is 0 Å². The van der Waals surface area contributed by atoms with E-state index in [1.54, 1.807) is 0 Å². The summed E-state index contributed by atoms with van der Waals surface area (Å²) in [5, 5.41) is 5.22. The van der Waals surface area contributed by atoms with Gasteiger partial charge in [-0.3, -0.25) is 5.84 Å². The molecule has 0 amide bonds. The van der Waals surface area contributed by atoms with E-state index in [0.717, 1.165) is 26.1 Å². The Kier molecular flexibility index (Phi) is 2.45. The number of nitrogens with one attached hydrogen (secondary N) is 1. The molecule has 1 rings (SSSR count). The maximum atomic E-state index is 5.68. The Morgan fingerprint density at radius 2 is 2.56 bits per heavy atom. The zero-order chi connectivity index (χ0) is 6.69. The van der Waals surface area contributed by atoms with E-state index < -0.39 is 0 Å². The number of piperazine rings is 1. The van der Waals surface area contributed by atoms with Gasteiger partial charge in [-0.2, -0.15) is 0 Å². The minimum atomic E-state index is 0.554. The van der Waals surface area contributed by atoms with Gasteiger partial charge in [-0.25, -0.2) is 5.01 Å². The Labute approximate surface area is 56.2 Å². The van der Waals surface area contributed by atoms with Crippen LogP contribution in [0, 0.1) is 0 Å². The molecule has 1 heterocycles. The van der Waals surface area contributed by atoms with Crippen molar-refractivity contribution < 1.29 is 0 Å². The summed E-state index contributed by atoms with van der Waals surface area (Å²) in [6.07, 6.45) is 1.14. The van der Waals surface area contributed by atoms with Crippen molar-refractivity contribution in [2.24, 2.45) is 5.84 Å². The van der Waals surface area contributed by atoms with Gasteiger partial charge in [0.05, 0.1) is 0 Å². The SMILES string of the molecule is CCC1CNCCN1N. The van der Waals surface area contributed by atoms with Crippen molar-refractivity contribution in [1.82, 2.24) is 10.3 Å². The van der Waals surface area contributed by atoms with Gasteiger partial charge >= 0.3 is 0 Å². The quantitative estimate of drug-likeness (QED) is 0.471. The molecule has 0 aliphatic carbocycles. The minimum Gasteiger partial charge on any atom is -0.314 e. The average Bonchev–Trinajstić information content (AvgIpc) is 1.89. The molecule has 3 N–H and O–H groups in total. The Hall–Kier alpha value is -0.120. The molecule has 3 heteroatoms. The summed E-state index contributed by atoms with van der Waals surface area (Å²) in [4.78, 5) is 0. The van der Waals surface area contributed by atoms with E-state index in [1.807, 2.05) is 5.01 Å². The van der Waals surface area contributed by atoms with Crippen molar-refractivity contribution in [3.63, 3.8) is 0 Å². The smallest absolute Gasteiger partial charge is 0.0363 e. The number of hydrogen-bond donors (Lipinski definition) is 2. The second kappa shape index (κ2) is 3.15. The zero-order valence-electron chi connectivity index (χ0n) is 5.93. The van der Waals surface area contributed by atoms with E-state index >= 15 is 0 Å². The number of nitrogens with two attached hydrogens (primary N) is 1. The molecule has 0 spiro atoms. The van der Waals surface area contributed by atoms with Gasteiger partial charge in [-0.05, 0) is 6.42 Å². The molecule has 54 valence electrons. The van der Waals surface area contributed by atoms with Crippen molar-refractivity contribution in [1.29, 1.82) is 0 Å². The van der Waals surface area contributed by atoms with Crippen LogP contribution in [0.1, 0.15) is 13.3 Å². The summed E-state index contributed by atoms with van der Waals surface area (Å²) >= 11 is 0. The topological polar surface area (TPSA) is 41.3 Å². The lowest BCUT2D eigenvalue weighted by Crippen LogP contribution is -2.54. The first-order valence-corrected chi connectivity index (χ1v) is 3.56. The predicted molar refractivity (Wildman–Crippen MR) is 37.8 cm³/mol. The molecule has 0 aromatic carbocycles. The van der Waals surface area contributed by atoms with E-state index in [2.05, 4.69) is 12.2 Å². The first-order chi connectivity index (χ1) is 4.34. The normalized spacial score (nSPS) is 30.7. The summed E-state index contributed by atoms with van der Waals surface area (Å²) in [6, 6.07) is 0.554. The minimum absolute atomic E-state index is 0.554. The van der Waals surface area contributed by atoms with Gasteiger partial charge in [0, 0.05) is 25.7 Å². The highest BCUT2D eigenvalue weighted by Crippen LogP contribution is 1.99. The van der Waals surface area contributed by atoms with E-state index in [9.17, 15) is 0 Å². The van der Waals surface area contributed by atoms with Crippen LogP contribution in [0.25, 0.3) is 0 Å². The van der Waals surface area contributed by atoms with Crippen LogP contribution < -0.4 is 11.2 Å². The van der Waals surface area contributed by atoms with Crippen molar-refractivity contribution in [3.8, 4) is 0 Å². The second-order valence-corrected chi connectivity index (χ2v) is 2.50. The molecule has 1 unspecified atom stereocenters. The number of nitrogens with zero attached hydrogens (tertiary/aromatic N) is 1. The standard InChI is InChI=1S/C6H15N3/c1-2-6-5-8-3-4-9(6)7/h6,8H,2-5,7H2,1H3. The zero-order valence-corrected chi connectivity index (χ0v) is 5.93. The Morgan fingerprint density at radius 3 is 3.00 bits per heavy atom. The third kappa shape index (κ3) is 1.64. The van der Waals surface area contributed by atoms with Crippen LogP contribution in [0.2, 0.25) is 0 Å². The Bertz CT molecular complexity index is 84.4. The van der Waals surface area contributed by atoms with Crippen molar-refractivity contribution in [2.75, 3.05) is 19.6 Å². The van der Waals surface area contributed by atoms with Gasteiger partial charge < -0.3 is 5.32 Å². The lowest BCUT2D eigenvalue weighted by atomic mass is 10.2. The first-order valence-electron chi connectivity index (χ1n) is 3.56.